The molecule has 3 N–H and O–H groups in total. The molecule has 1 aliphatic rings. The number of carbonyl (C=O) groups is 2. The monoisotopic (exact) mass is 555 g/mol. The minimum Gasteiger partial charge on any atom is -0.336 e. The van der Waals surface area contributed by atoms with Crippen molar-refractivity contribution in [1.82, 2.24) is 4.90 Å². The van der Waals surface area contributed by atoms with E-state index in [1.165, 1.54) is 7.05 Å². The second kappa shape index (κ2) is 9.95. The van der Waals surface area contributed by atoms with Crippen LogP contribution in [0.4, 0.5) is 32.0 Å². The second-order valence-electron chi connectivity index (χ2n) is 8.83. The molecule has 3 aromatic rings. The number of hydrogen-bond donors (Lipinski definition) is 2. The van der Waals surface area contributed by atoms with E-state index in [4.69, 9.17) is 17.3 Å². The first kappa shape index (κ1) is 27.5. The van der Waals surface area contributed by atoms with E-state index in [2.05, 4.69) is 5.32 Å². The molecular formula is C26H20ClF6N3O2. The Balaban J connectivity index is 1.87. The van der Waals surface area contributed by atoms with Gasteiger partial charge in [0.15, 0.2) is 0 Å². The van der Waals surface area contributed by atoms with Gasteiger partial charge in [0.2, 0.25) is 5.91 Å². The van der Waals surface area contributed by atoms with Gasteiger partial charge in [-0.05, 0) is 47.5 Å². The van der Waals surface area contributed by atoms with E-state index in [9.17, 15) is 35.9 Å². The number of nitrogens with one attached hydrogen (secondary N) is 1. The van der Waals surface area contributed by atoms with Crippen LogP contribution >= 0.6 is 11.6 Å². The van der Waals surface area contributed by atoms with E-state index < -0.39 is 58.9 Å². The average Bonchev–Trinajstić information content (AvgIpc) is 2.96. The summed E-state index contributed by atoms with van der Waals surface area (Å²) in [7, 11) is 1.19. The number of nitrogens with zero attached hydrogens (tertiary/aromatic N) is 1. The SMILES string of the molecule is CN(C(=O)c1cc(C(F)(F)F)cc(C(F)(F)F)c1)C1C(N)C(=O)Nc2ccccc2C1c1ccc(Cl)cc1. The van der Waals surface area contributed by atoms with Crippen molar-refractivity contribution in [2.75, 3.05) is 12.4 Å². The Morgan fingerprint density at radius 1 is 0.921 bits per heavy atom. The third kappa shape index (κ3) is 5.34. The van der Waals surface area contributed by atoms with Crippen molar-refractivity contribution in [3.05, 3.63) is 99.6 Å². The summed E-state index contributed by atoms with van der Waals surface area (Å²) in [4.78, 5) is 27.4. The Hall–Kier alpha value is -3.57. The first-order chi connectivity index (χ1) is 17.7. The highest BCUT2D eigenvalue weighted by molar-refractivity contribution is 6.30. The lowest BCUT2D eigenvalue weighted by Crippen LogP contribution is -2.55. The van der Waals surface area contributed by atoms with Gasteiger partial charge in [-0.25, -0.2) is 0 Å². The van der Waals surface area contributed by atoms with E-state index in [-0.39, 0.29) is 6.07 Å². The second-order valence-corrected chi connectivity index (χ2v) is 9.27. The van der Waals surface area contributed by atoms with Crippen LogP contribution in [0.3, 0.4) is 0 Å². The van der Waals surface area contributed by atoms with Crippen LogP contribution in [0.2, 0.25) is 5.02 Å². The van der Waals surface area contributed by atoms with Crippen LogP contribution in [0.1, 0.15) is 38.5 Å². The quantitative estimate of drug-likeness (QED) is 0.393. The minimum atomic E-state index is -5.14. The molecule has 0 saturated carbocycles. The number of fused-ring (bicyclic) bond motifs is 1. The fraction of sp³-hybridized carbons (Fsp3) is 0.231. The molecule has 0 aromatic heterocycles. The van der Waals surface area contributed by atoms with Crippen LogP contribution in [0.15, 0.2) is 66.7 Å². The molecule has 12 heteroatoms. The topological polar surface area (TPSA) is 75.4 Å². The standard InChI is InChI=1S/C26H20ClF6N3O2/c1-36(24(38)14-10-15(25(28,29)30)12-16(11-14)26(31,32)33)22-20(13-6-8-17(27)9-7-13)18-4-2-3-5-19(18)35-23(37)21(22)34/h2-12,20-22H,34H2,1H3,(H,35,37). The summed E-state index contributed by atoms with van der Waals surface area (Å²) in [5.74, 6) is -2.65. The fourth-order valence-electron chi connectivity index (χ4n) is 4.57. The number of halogens is 7. The van der Waals surface area contributed by atoms with Crippen molar-refractivity contribution in [1.29, 1.82) is 0 Å². The summed E-state index contributed by atoms with van der Waals surface area (Å²) in [6.45, 7) is 0. The predicted molar refractivity (Wildman–Crippen MR) is 129 cm³/mol. The van der Waals surface area contributed by atoms with Gasteiger partial charge in [-0.3, -0.25) is 9.59 Å². The number of nitrogens with two attached hydrogens (primary N) is 1. The van der Waals surface area contributed by atoms with Gasteiger partial charge in [0.1, 0.15) is 6.04 Å². The first-order valence-electron chi connectivity index (χ1n) is 11.2. The van der Waals surface area contributed by atoms with Crippen LogP contribution < -0.4 is 11.1 Å². The minimum absolute atomic E-state index is 0.0611. The summed E-state index contributed by atoms with van der Waals surface area (Å²) in [6, 6.07) is 11.1. The average molecular weight is 556 g/mol. The molecule has 0 aliphatic carbocycles. The lowest BCUT2D eigenvalue weighted by atomic mass is 9.81. The molecule has 3 unspecified atom stereocenters. The molecule has 0 radical (unpaired) electrons. The van der Waals surface area contributed by atoms with Crippen molar-refractivity contribution >= 4 is 29.1 Å². The third-order valence-electron chi connectivity index (χ3n) is 6.40. The smallest absolute Gasteiger partial charge is 0.336 e. The van der Waals surface area contributed by atoms with Crippen LogP contribution in [-0.2, 0) is 17.1 Å². The number of amides is 2. The molecule has 1 aliphatic heterocycles. The molecule has 1 heterocycles. The van der Waals surface area contributed by atoms with E-state index >= 15 is 0 Å². The number of anilines is 1. The largest absolute Gasteiger partial charge is 0.416 e. The van der Waals surface area contributed by atoms with Crippen molar-refractivity contribution < 1.29 is 35.9 Å². The van der Waals surface area contributed by atoms with Crippen molar-refractivity contribution in [2.24, 2.45) is 5.73 Å². The summed E-state index contributed by atoms with van der Waals surface area (Å²) in [5.41, 5.74) is 3.67. The van der Waals surface area contributed by atoms with Gasteiger partial charge in [0.25, 0.3) is 5.91 Å². The summed E-state index contributed by atoms with van der Waals surface area (Å²) >= 11 is 6.03. The Morgan fingerprint density at radius 2 is 1.47 bits per heavy atom. The summed E-state index contributed by atoms with van der Waals surface area (Å²) in [6.07, 6.45) is -10.3. The zero-order chi connectivity index (χ0) is 28.0. The molecule has 2 amide bonds. The van der Waals surface area contributed by atoms with Gasteiger partial charge >= 0.3 is 12.4 Å². The lowest BCUT2D eigenvalue weighted by molar-refractivity contribution is -0.143. The Labute approximate surface area is 218 Å². The number of likely N-dealkylation sites (N-methyl/N-ethyl adjacent to an activating group) is 1. The molecule has 0 spiro atoms. The normalized spacial score (nSPS) is 19.8. The van der Waals surface area contributed by atoms with Crippen LogP contribution in [0.25, 0.3) is 0 Å². The molecule has 0 saturated heterocycles. The van der Waals surface area contributed by atoms with E-state index in [1.807, 2.05) is 0 Å². The van der Waals surface area contributed by atoms with Crippen molar-refractivity contribution in [3.8, 4) is 0 Å². The fourth-order valence-corrected chi connectivity index (χ4v) is 4.70. The number of rotatable bonds is 3. The van der Waals surface area contributed by atoms with E-state index in [0.29, 0.717) is 34.0 Å². The number of para-hydroxylation sites is 1. The molecule has 3 aromatic carbocycles. The van der Waals surface area contributed by atoms with Gasteiger partial charge in [0, 0.05) is 29.2 Å². The number of hydrogen-bond acceptors (Lipinski definition) is 3. The molecule has 4 rings (SSSR count). The molecule has 200 valence electrons. The molecule has 38 heavy (non-hydrogen) atoms. The Kier molecular flexibility index (Phi) is 7.19. The number of carbonyl (C=O) groups excluding carboxylic acids is 2. The zero-order valence-electron chi connectivity index (χ0n) is 19.6. The Bertz CT molecular complexity index is 1340. The van der Waals surface area contributed by atoms with E-state index in [0.717, 1.165) is 4.90 Å². The predicted octanol–water partition coefficient (Wildman–Crippen LogP) is 5.93. The molecule has 0 fully saturated rings. The first-order valence-corrected chi connectivity index (χ1v) is 11.5. The number of alkyl halides is 6. The molecule has 5 nitrogen and oxygen atoms in total. The maximum atomic E-state index is 13.5. The zero-order valence-corrected chi connectivity index (χ0v) is 20.3. The molecule has 3 atom stereocenters. The van der Waals surface area contributed by atoms with E-state index in [1.54, 1.807) is 48.5 Å². The summed E-state index contributed by atoms with van der Waals surface area (Å²) in [5, 5.41) is 3.08. The van der Waals surface area contributed by atoms with Crippen molar-refractivity contribution in [3.63, 3.8) is 0 Å². The Morgan fingerprint density at radius 3 is 2.03 bits per heavy atom. The highest BCUT2D eigenvalue weighted by Crippen LogP contribution is 2.40. The molecule has 0 bridgehead atoms. The van der Waals surface area contributed by atoms with Crippen LogP contribution in [0.5, 0.6) is 0 Å². The van der Waals surface area contributed by atoms with Crippen LogP contribution in [-0.4, -0.2) is 35.8 Å². The van der Waals surface area contributed by atoms with Gasteiger partial charge in [-0.1, -0.05) is 41.9 Å². The molecular weight excluding hydrogens is 536 g/mol. The maximum absolute atomic E-state index is 13.5. The van der Waals surface area contributed by atoms with Gasteiger partial charge < -0.3 is 16.0 Å². The highest BCUT2D eigenvalue weighted by atomic mass is 35.5. The van der Waals surface area contributed by atoms with Gasteiger partial charge in [-0.2, -0.15) is 26.3 Å². The third-order valence-corrected chi connectivity index (χ3v) is 6.65. The number of benzene rings is 3. The van der Waals surface area contributed by atoms with Gasteiger partial charge in [0.05, 0.1) is 17.2 Å². The van der Waals surface area contributed by atoms with Crippen LogP contribution in [0, 0.1) is 0 Å². The maximum Gasteiger partial charge on any atom is 0.416 e. The van der Waals surface area contributed by atoms with Gasteiger partial charge in [-0.15, -0.1) is 0 Å². The lowest BCUT2D eigenvalue weighted by Gasteiger charge is -2.37. The highest BCUT2D eigenvalue weighted by Gasteiger charge is 2.43. The summed E-state index contributed by atoms with van der Waals surface area (Å²) < 4.78 is 80.6. The van der Waals surface area contributed by atoms with Crippen molar-refractivity contribution in [2.45, 2.75) is 30.4 Å².